The Balaban J connectivity index is 0. The number of unbranched alkanes of at least 4 members (excludes halogenated alkanes) is 7. The normalized spacial score (nSPS) is 9.44. The highest BCUT2D eigenvalue weighted by Crippen LogP contribution is 2.08. The van der Waals surface area contributed by atoms with E-state index in [0.717, 1.165) is 13.3 Å². The fraction of sp³-hybridized carbons (Fsp3) is 0.917. The second-order valence-electron chi connectivity index (χ2n) is 3.76. The summed E-state index contributed by atoms with van der Waals surface area (Å²) in [5, 5.41) is 16.0. The zero-order chi connectivity index (χ0) is 12.6. The van der Waals surface area contributed by atoms with Crippen LogP contribution in [0.3, 0.4) is 0 Å². The zero-order valence-electron chi connectivity index (χ0n) is 10.3. The standard InChI is InChI=1S/C10H21IO.C2H4O2/c11-9-7-5-3-1-2-4-6-8-10-12;1-2(3)4/h12H,1-10H2;1H3,(H,3,4). The summed E-state index contributed by atoms with van der Waals surface area (Å²) < 4.78 is 1.31. The minimum absolute atomic E-state index is 0.370. The third-order valence-electron chi connectivity index (χ3n) is 2.04. The van der Waals surface area contributed by atoms with E-state index < -0.39 is 5.97 Å². The highest BCUT2D eigenvalue weighted by molar-refractivity contribution is 14.1. The van der Waals surface area contributed by atoms with Crippen LogP contribution in [0.25, 0.3) is 0 Å². The molecule has 0 saturated carbocycles. The van der Waals surface area contributed by atoms with Crippen LogP contribution >= 0.6 is 22.6 Å². The molecule has 0 spiro atoms. The predicted octanol–water partition coefficient (Wildman–Crippen LogP) is 3.63. The predicted molar refractivity (Wildman–Crippen MR) is 76.2 cm³/mol. The van der Waals surface area contributed by atoms with Gasteiger partial charge in [-0.05, 0) is 17.3 Å². The number of aliphatic hydroxyl groups is 1. The molecule has 0 unspecified atom stereocenters. The number of halogens is 1. The molecule has 0 aromatic rings. The Labute approximate surface area is 113 Å². The summed E-state index contributed by atoms with van der Waals surface area (Å²) in [6.45, 7) is 1.45. The van der Waals surface area contributed by atoms with Crippen molar-refractivity contribution < 1.29 is 15.0 Å². The SMILES string of the molecule is CC(=O)O.OCCCCCCCCCCI. The van der Waals surface area contributed by atoms with E-state index in [0.29, 0.717) is 6.61 Å². The van der Waals surface area contributed by atoms with Gasteiger partial charge >= 0.3 is 0 Å². The Hall–Kier alpha value is 0.160. The van der Waals surface area contributed by atoms with Crippen molar-refractivity contribution >= 4 is 28.6 Å². The van der Waals surface area contributed by atoms with Gasteiger partial charge in [0, 0.05) is 13.5 Å². The molecular formula is C12H25IO3. The maximum absolute atomic E-state index is 9.00. The summed E-state index contributed by atoms with van der Waals surface area (Å²) in [6.07, 6.45) is 10.5. The topological polar surface area (TPSA) is 57.5 Å². The van der Waals surface area contributed by atoms with Crippen LogP contribution < -0.4 is 0 Å². The average molecular weight is 344 g/mol. The molecule has 0 aromatic carbocycles. The minimum Gasteiger partial charge on any atom is -0.481 e. The number of carbonyl (C=O) groups is 1. The molecule has 3 nitrogen and oxygen atoms in total. The fourth-order valence-electron chi connectivity index (χ4n) is 1.27. The van der Waals surface area contributed by atoms with Gasteiger partial charge in [0.15, 0.2) is 0 Å². The lowest BCUT2D eigenvalue weighted by molar-refractivity contribution is -0.134. The molecule has 0 aliphatic carbocycles. The molecule has 0 amide bonds. The van der Waals surface area contributed by atoms with Crippen molar-refractivity contribution in [1.29, 1.82) is 0 Å². The van der Waals surface area contributed by atoms with Crippen LogP contribution in [-0.4, -0.2) is 27.2 Å². The van der Waals surface area contributed by atoms with Gasteiger partial charge in [0.1, 0.15) is 0 Å². The highest BCUT2D eigenvalue weighted by Gasteiger charge is 1.90. The highest BCUT2D eigenvalue weighted by atomic mass is 127. The largest absolute Gasteiger partial charge is 0.481 e. The van der Waals surface area contributed by atoms with Gasteiger partial charge in [-0.3, -0.25) is 4.79 Å². The molecule has 2 N–H and O–H groups in total. The van der Waals surface area contributed by atoms with Crippen molar-refractivity contribution in [1.82, 2.24) is 0 Å². The van der Waals surface area contributed by atoms with E-state index in [-0.39, 0.29) is 0 Å². The summed E-state index contributed by atoms with van der Waals surface area (Å²) in [4.78, 5) is 9.00. The Morgan fingerprint density at radius 2 is 1.25 bits per heavy atom. The van der Waals surface area contributed by atoms with Crippen LogP contribution in [-0.2, 0) is 4.79 Å². The smallest absolute Gasteiger partial charge is 0.300 e. The summed E-state index contributed by atoms with van der Waals surface area (Å²) in [7, 11) is 0. The molecule has 0 fully saturated rings. The van der Waals surface area contributed by atoms with Crippen LogP contribution in [0, 0.1) is 0 Å². The molecule has 0 aliphatic heterocycles. The molecular weight excluding hydrogens is 319 g/mol. The number of hydrogen-bond acceptors (Lipinski definition) is 2. The van der Waals surface area contributed by atoms with Crippen molar-refractivity contribution in [2.24, 2.45) is 0 Å². The lowest BCUT2D eigenvalue weighted by Gasteiger charge is -1.99. The molecule has 0 aromatic heterocycles. The second-order valence-corrected chi connectivity index (χ2v) is 4.84. The molecule has 0 saturated heterocycles. The maximum atomic E-state index is 9.00. The average Bonchev–Trinajstić information content (AvgIpc) is 2.21. The number of hydrogen-bond donors (Lipinski definition) is 2. The third kappa shape index (κ3) is 29.2. The fourth-order valence-corrected chi connectivity index (χ4v) is 1.81. The van der Waals surface area contributed by atoms with Gasteiger partial charge in [0.25, 0.3) is 5.97 Å². The molecule has 0 radical (unpaired) electrons. The number of alkyl halides is 1. The van der Waals surface area contributed by atoms with Gasteiger partial charge < -0.3 is 10.2 Å². The third-order valence-corrected chi connectivity index (χ3v) is 2.80. The molecule has 0 atom stereocenters. The van der Waals surface area contributed by atoms with Gasteiger partial charge in [-0.2, -0.15) is 0 Å². The van der Waals surface area contributed by atoms with E-state index in [2.05, 4.69) is 22.6 Å². The number of aliphatic carboxylic acids is 1. The number of rotatable bonds is 9. The van der Waals surface area contributed by atoms with Crippen LogP contribution in [0.1, 0.15) is 58.3 Å². The number of aliphatic hydroxyl groups excluding tert-OH is 1. The Bertz CT molecular complexity index is 126. The van der Waals surface area contributed by atoms with Crippen molar-refractivity contribution in [2.75, 3.05) is 11.0 Å². The van der Waals surface area contributed by atoms with E-state index in [1.165, 1.54) is 49.4 Å². The molecule has 0 bridgehead atoms. The van der Waals surface area contributed by atoms with Gasteiger partial charge in [-0.15, -0.1) is 0 Å². The number of carboxylic acids is 1. The molecule has 16 heavy (non-hydrogen) atoms. The summed E-state index contributed by atoms with van der Waals surface area (Å²) in [6, 6.07) is 0. The lowest BCUT2D eigenvalue weighted by Crippen LogP contribution is -1.84. The maximum Gasteiger partial charge on any atom is 0.300 e. The lowest BCUT2D eigenvalue weighted by atomic mass is 10.1. The quantitative estimate of drug-likeness (QED) is 0.382. The first-order valence-corrected chi connectivity index (χ1v) is 7.54. The van der Waals surface area contributed by atoms with E-state index in [1.807, 2.05) is 0 Å². The molecule has 98 valence electrons. The van der Waals surface area contributed by atoms with Crippen molar-refractivity contribution in [3.8, 4) is 0 Å². The van der Waals surface area contributed by atoms with Crippen LogP contribution in [0.2, 0.25) is 0 Å². The first-order valence-electron chi connectivity index (χ1n) is 6.01. The first-order chi connectivity index (χ1) is 7.65. The zero-order valence-corrected chi connectivity index (χ0v) is 12.4. The van der Waals surface area contributed by atoms with Gasteiger partial charge in [-0.25, -0.2) is 0 Å². The Morgan fingerprint density at radius 1 is 0.938 bits per heavy atom. The van der Waals surface area contributed by atoms with Crippen molar-refractivity contribution in [2.45, 2.75) is 58.3 Å². The van der Waals surface area contributed by atoms with Gasteiger partial charge in [0.2, 0.25) is 0 Å². The van der Waals surface area contributed by atoms with E-state index >= 15 is 0 Å². The van der Waals surface area contributed by atoms with E-state index in [9.17, 15) is 0 Å². The van der Waals surface area contributed by atoms with Crippen LogP contribution in [0.5, 0.6) is 0 Å². The monoisotopic (exact) mass is 344 g/mol. The Kier molecular flexibility index (Phi) is 20.3. The van der Waals surface area contributed by atoms with Crippen molar-refractivity contribution in [3.63, 3.8) is 0 Å². The van der Waals surface area contributed by atoms with Crippen molar-refractivity contribution in [3.05, 3.63) is 0 Å². The molecule has 0 aliphatic rings. The van der Waals surface area contributed by atoms with Gasteiger partial charge in [-0.1, -0.05) is 61.1 Å². The van der Waals surface area contributed by atoms with E-state index in [4.69, 9.17) is 15.0 Å². The summed E-state index contributed by atoms with van der Waals surface area (Å²) in [5.74, 6) is -0.833. The summed E-state index contributed by atoms with van der Waals surface area (Å²) in [5.41, 5.74) is 0. The van der Waals surface area contributed by atoms with E-state index in [1.54, 1.807) is 0 Å². The first kappa shape index (κ1) is 18.5. The van der Waals surface area contributed by atoms with Crippen LogP contribution in [0.4, 0.5) is 0 Å². The number of carboxylic acid groups (broad SMARTS) is 1. The second kappa shape index (κ2) is 17.6. The molecule has 0 rings (SSSR count). The van der Waals surface area contributed by atoms with Crippen LogP contribution in [0.15, 0.2) is 0 Å². The van der Waals surface area contributed by atoms with Gasteiger partial charge in [0.05, 0.1) is 0 Å². The molecule has 0 heterocycles. The summed E-state index contributed by atoms with van der Waals surface area (Å²) >= 11 is 2.44. The Morgan fingerprint density at radius 3 is 1.56 bits per heavy atom. The molecule has 4 heteroatoms. The minimum atomic E-state index is -0.833.